The number of imidazole rings is 1. The lowest BCUT2D eigenvalue weighted by Crippen LogP contribution is -2.31. The Morgan fingerprint density at radius 3 is 2.82 bits per heavy atom. The number of amides is 1. The van der Waals surface area contributed by atoms with Crippen molar-refractivity contribution in [2.45, 2.75) is 20.3 Å². The molecule has 0 atom stereocenters. The molecule has 0 aliphatic carbocycles. The van der Waals surface area contributed by atoms with Crippen LogP contribution in [0.2, 0.25) is 0 Å². The van der Waals surface area contributed by atoms with Crippen molar-refractivity contribution in [1.29, 1.82) is 0 Å². The maximum absolute atomic E-state index is 12.4. The van der Waals surface area contributed by atoms with E-state index in [2.05, 4.69) is 43.2 Å². The van der Waals surface area contributed by atoms with Crippen LogP contribution in [0.5, 0.6) is 0 Å². The molecule has 1 aromatic carbocycles. The van der Waals surface area contributed by atoms with Gasteiger partial charge < -0.3 is 15.4 Å². The second-order valence-corrected chi connectivity index (χ2v) is 6.99. The van der Waals surface area contributed by atoms with Crippen molar-refractivity contribution >= 4 is 51.6 Å². The van der Waals surface area contributed by atoms with E-state index in [0.29, 0.717) is 17.8 Å². The van der Waals surface area contributed by atoms with E-state index in [1.807, 2.05) is 23.6 Å². The van der Waals surface area contributed by atoms with Gasteiger partial charge in [-0.15, -0.1) is 0 Å². The molecule has 9 heteroatoms. The topological polar surface area (TPSA) is 97.6 Å². The van der Waals surface area contributed by atoms with Gasteiger partial charge in [-0.1, -0.05) is 6.92 Å². The van der Waals surface area contributed by atoms with Crippen molar-refractivity contribution in [3.8, 4) is 0 Å². The molecule has 0 unspecified atom stereocenters. The first-order valence-electron chi connectivity index (χ1n) is 8.84. The van der Waals surface area contributed by atoms with Crippen molar-refractivity contribution < 1.29 is 14.3 Å². The largest absolute Gasteiger partial charge is 0.465 e. The molecular weight excluding hydrogens is 473 g/mol. The fourth-order valence-corrected chi connectivity index (χ4v) is 3.29. The number of aryl methyl sites for hydroxylation is 1. The first-order chi connectivity index (χ1) is 13.5. The number of ether oxygens (including phenoxy) is 1. The molecular formula is C19H20IN5O3. The number of nitrogens with zero attached hydrogens (tertiary/aromatic N) is 3. The van der Waals surface area contributed by atoms with Crippen LogP contribution in [0.4, 0.5) is 11.5 Å². The summed E-state index contributed by atoms with van der Waals surface area (Å²) >= 11 is 2.21. The predicted octanol–water partition coefficient (Wildman–Crippen LogP) is 2.93. The highest BCUT2D eigenvalue weighted by molar-refractivity contribution is 14.1. The Morgan fingerprint density at radius 2 is 2.07 bits per heavy atom. The van der Waals surface area contributed by atoms with Gasteiger partial charge in [-0.2, -0.15) is 0 Å². The Bertz CT molecular complexity index is 1020. The number of carbonyl (C=O) groups excluding carboxylic acids is 2. The second-order valence-electron chi connectivity index (χ2n) is 5.89. The number of rotatable bonds is 7. The Balaban J connectivity index is 1.79. The Labute approximate surface area is 175 Å². The average molecular weight is 493 g/mol. The minimum atomic E-state index is -0.458. The quantitative estimate of drug-likeness (QED) is 0.388. The molecule has 0 fully saturated rings. The highest BCUT2D eigenvalue weighted by Gasteiger charge is 2.14. The minimum Gasteiger partial charge on any atom is -0.465 e. The summed E-state index contributed by atoms with van der Waals surface area (Å²) in [6.45, 7) is 3.82. The van der Waals surface area contributed by atoms with Crippen LogP contribution in [0.1, 0.15) is 29.8 Å². The molecule has 28 heavy (non-hydrogen) atoms. The zero-order chi connectivity index (χ0) is 20.1. The number of nitrogens with one attached hydrogen (secondary N) is 2. The van der Waals surface area contributed by atoms with E-state index in [0.717, 1.165) is 20.6 Å². The van der Waals surface area contributed by atoms with E-state index in [-0.39, 0.29) is 19.1 Å². The number of aromatic nitrogens is 3. The summed E-state index contributed by atoms with van der Waals surface area (Å²) in [5.41, 5.74) is 2.91. The minimum absolute atomic E-state index is 0.153. The maximum atomic E-state index is 12.4. The van der Waals surface area contributed by atoms with Crippen LogP contribution < -0.4 is 10.6 Å². The summed E-state index contributed by atoms with van der Waals surface area (Å²) in [5, 5.41) is 5.86. The number of fused-ring (bicyclic) bond motifs is 1. The fraction of sp³-hybridized carbons (Fsp3) is 0.263. The van der Waals surface area contributed by atoms with E-state index in [1.54, 1.807) is 31.5 Å². The number of carbonyl (C=O) groups is 2. The molecule has 0 aliphatic rings. The zero-order valence-electron chi connectivity index (χ0n) is 15.5. The van der Waals surface area contributed by atoms with Crippen molar-refractivity contribution in [1.82, 2.24) is 19.7 Å². The summed E-state index contributed by atoms with van der Waals surface area (Å²) in [7, 11) is 0. The van der Waals surface area contributed by atoms with Gasteiger partial charge in [0.15, 0.2) is 11.5 Å². The lowest BCUT2D eigenvalue weighted by Gasteiger charge is -2.12. The Kier molecular flexibility index (Phi) is 6.45. The Hall–Kier alpha value is -2.69. The van der Waals surface area contributed by atoms with Crippen molar-refractivity contribution in [2.75, 3.05) is 18.5 Å². The van der Waals surface area contributed by atoms with E-state index in [9.17, 15) is 9.59 Å². The lowest BCUT2D eigenvalue weighted by atomic mass is 10.0. The average Bonchev–Trinajstić information content (AvgIpc) is 3.08. The molecule has 2 heterocycles. The molecule has 1 amide bonds. The van der Waals surface area contributed by atoms with Gasteiger partial charge in [-0.25, -0.2) is 9.97 Å². The van der Waals surface area contributed by atoms with Gasteiger partial charge in [0.1, 0.15) is 10.2 Å². The van der Waals surface area contributed by atoms with Crippen LogP contribution in [0.15, 0.2) is 36.8 Å². The van der Waals surface area contributed by atoms with Crippen LogP contribution >= 0.6 is 22.6 Å². The summed E-state index contributed by atoms with van der Waals surface area (Å²) in [4.78, 5) is 32.6. The summed E-state index contributed by atoms with van der Waals surface area (Å²) in [5.74, 6) is -0.132. The van der Waals surface area contributed by atoms with Crippen molar-refractivity contribution in [2.24, 2.45) is 0 Å². The highest BCUT2D eigenvalue weighted by Crippen LogP contribution is 2.23. The van der Waals surface area contributed by atoms with Crippen LogP contribution in [0, 0.1) is 3.70 Å². The van der Waals surface area contributed by atoms with Crippen molar-refractivity contribution in [3.63, 3.8) is 0 Å². The van der Waals surface area contributed by atoms with Gasteiger partial charge in [0.05, 0.1) is 12.8 Å². The molecule has 0 radical (unpaired) electrons. The lowest BCUT2D eigenvalue weighted by molar-refractivity contribution is -0.141. The number of hydrogen-bond acceptors (Lipinski definition) is 6. The summed E-state index contributed by atoms with van der Waals surface area (Å²) in [6.07, 6.45) is 5.99. The molecule has 8 nitrogen and oxygen atoms in total. The van der Waals surface area contributed by atoms with Gasteiger partial charge in [0.2, 0.25) is 0 Å². The predicted molar refractivity (Wildman–Crippen MR) is 114 cm³/mol. The van der Waals surface area contributed by atoms with Crippen LogP contribution in [0.3, 0.4) is 0 Å². The third kappa shape index (κ3) is 4.41. The van der Waals surface area contributed by atoms with Gasteiger partial charge >= 0.3 is 5.97 Å². The summed E-state index contributed by atoms with van der Waals surface area (Å²) in [6, 6.07) is 5.44. The Morgan fingerprint density at radius 1 is 1.25 bits per heavy atom. The monoisotopic (exact) mass is 493 g/mol. The van der Waals surface area contributed by atoms with Crippen molar-refractivity contribution in [3.05, 3.63) is 51.6 Å². The standard InChI is InChI=1S/C19H20IN5O3/c1-3-12-9-13(5-6-14(12)19(27)23-11-16(26)28-4-2)24-17-18-22-10-15(20)25(18)8-7-21-17/h5-10H,3-4,11H2,1-2H3,(H,21,24)(H,23,27). The number of benzene rings is 1. The molecule has 146 valence electrons. The maximum Gasteiger partial charge on any atom is 0.325 e. The van der Waals surface area contributed by atoms with E-state index >= 15 is 0 Å². The number of hydrogen-bond donors (Lipinski definition) is 2. The highest BCUT2D eigenvalue weighted by atomic mass is 127. The fourth-order valence-electron chi connectivity index (χ4n) is 2.76. The molecule has 0 bridgehead atoms. The van der Waals surface area contributed by atoms with Crippen LogP contribution in [0.25, 0.3) is 5.65 Å². The summed E-state index contributed by atoms with van der Waals surface area (Å²) < 4.78 is 7.75. The molecule has 0 spiro atoms. The van der Waals surface area contributed by atoms with E-state index in [4.69, 9.17) is 4.74 Å². The van der Waals surface area contributed by atoms with Gasteiger partial charge in [-0.3, -0.25) is 14.0 Å². The smallest absolute Gasteiger partial charge is 0.325 e. The van der Waals surface area contributed by atoms with E-state index < -0.39 is 5.97 Å². The molecule has 3 rings (SSSR count). The van der Waals surface area contributed by atoms with Gasteiger partial charge in [-0.05, 0) is 59.7 Å². The molecule has 0 aliphatic heterocycles. The van der Waals surface area contributed by atoms with E-state index in [1.165, 1.54) is 0 Å². The third-order valence-electron chi connectivity index (χ3n) is 4.07. The number of anilines is 2. The molecule has 0 saturated heterocycles. The number of halogens is 1. The third-order valence-corrected chi connectivity index (χ3v) is 4.87. The van der Waals surface area contributed by atoms with Crippen LogP contribution in [-0.4, -0.2) is 39.4 Å². The van der Waals surface area contributed by atoms with Gasteiger partial charge in [0, 0.05) is 23.6 Å². The number of esters is 1. The molecule has 2 N–H and O–H groups in total. The second kappa shape index (κ2) is 9.00. The first kappa shape index (κ1) is 20.1. The SMILES string of the molecule is CCOC(=O)CNC(=O)c1ccc(Nc2nccn3c(I)cnc23)cc1CC. The van der Waals surface area contributed by atoms with Gasteiger partial charge in [0.25, 0.3) is 5.91 Å². The molecule has 3 aromatic rings. The van der Waals surface area contributed by atoms with Crippen LogP contribution in [-0.2, 0) is 16.0 Å². The first-order valence-corrected chi connectivity index (χ1v) is 9.92. The zero-order valence-corrected chi connectivity index (χ0v) is 17.7. The molecule has 0 saturated carbocycles. The normalized spacial score (nSPS) is 10.7. The molecule has 2 aromatic heterocycles.